The van der Waals surface area contributed by atoms with Crippen molar-refractivity contribution in [1.82, 2.24) is 9.78 Å². The minimum absolute atomic E-state index is 0.215. The van der Waals surface area contributed by atoms with Crippen LogP contribution < -0.4 is 5.32 Å². The van der Waals surface area contributed by atoms with Gasteiger partial charge in [0.15, 0.2) is 5.82 Å². The number of halogens is 2. The predicted molar refractivity (Wildman–Crippen MR) is 96.6 cm³/mol. The molecule has 2 aromatic carbocycles. The molecular formula is C19H17ClFN3O. The van der Waals surface area contributed by atoms with Crippen LogP contribution in [0.3, 0.4) is 0 Å². The maximum absolute atomic E-state index is 13.1. The molecule has 0 aliphatic carbocycles. The van der Waals surface area contributed by atoms with Crippen molar-refractivity contribution in [2.45, 2.75) is 20.4 Å². The molecule has 3 rings (SSSR count). The fourth-order valence-electron chi connectivity index (χ4n) is 2.41. The Kier molecular flexibility index (Phi) is 4.86. The second kappa shape index (κ2) is 7.07. The number of nitrogens with one attached hydrogen (secondary N) is 1. The first-order valence-corrected chi connectivity index (χ1v) is 8.16. The van der Waals surface area contributed by atoms with Crippen LogP contribution in [0, 0.1) is 19.7 Å². The van der Waals surface area contributed by atoms with Gasteiger partial charge in [-0.15, -0.1) is 0 Å². The summed E-state index contributed by atoms with van der Waals surface area (Å²) in [6, 6.07) is 11.5. The summed E-state index contributed by atoms with van der Waals surface area (Å²) in [5, 5.41) is 7.42. The summed E-state index contributed by atoms with van der Waals surface area (Å²) in [4.78, 5) is 12.3. The van der Waals surface area contributed by atoms with Gasteiger partial charge in [0.1, 0.15) is 5.82 Å². The molecule has 25 heavy (non-hydrogen) atoms. The average Bonchev–Trinajstić information content (AvgIpc) is 3.00. The third-order valence-electron chi connectivity index (χ3n) is 4.00. The Morgan fingerprint density at radius 3 is 2.68 bits per heavy atom. The van der Waals surface area contributed by atoms with E-state index in [1.165, 1.54) is 12.1 Å². The molecule has 1 amide bonds. The number of hydrogen-bond acceptors (Lipinski definition) is 2. The number of anilines is 1. The molecule has 0 saturated carbocycles. The van der Waals surface area contributed by atoms with Crippen molar-refractivity contribution in [3.63, 3.8) is 0 Å². The first kappa shape index (κ1) is 17.2. The van der Waals surface area contributed by atoms with Gasteiger partial charge in [-0.2, -0.15) is 5.10 Å². The van der Waals surface area contributed by atoms with Crippen LogP contribution in [0.25, 0.3) is 0 Å². The lowest BCUT2D eigenvalue weighted by atomic mass is 10.1. The molecule has 1 heterocycles. The summed E-state index contributed by atoms with van der Waals surface area (Å²) >= 11 is 6.03. The summed E-state index contributed by atoms with van der Waals surface area (Å²) in [6.45, 7) is 4.35. The van der Waals surface area contributed by atoms with E-state index in [0.717, 1.165) is 16.7 Å². The van der Waals surface area contributed by atoms with Gasteiger partial charge in [-0.05, 0) is 54.8 Å². The molecule has 0 atom stereocenters. The molecule has 1 aromatic heterocycles. The van der Waals surface area contributed by atoms with Crippen molar-refractivity contribution in [3.8, 4) is 0 Å². The van der Waals surface area contributed by atoms with Crippen molar-refractivity contribution < 1.29 is 9.18 Å². The number of aromatic nitrogens is 2. The maximum Gasteiger partial charge on any atom is 0.256 e. The van der Waals surface area contributed by atoms with Crippen LogP contribution in [0.5, 0.6) is 0 Å². The van der Waals surface area contributed by atoms with Crippen molar-refractivity contribution in [3.05, 3.63) is 81.8 Å². The number of carbonyl (C=O) groups excluding carboxylic acids is 1. The number of benzene rings is 2. The van der Waals surface area contributed by atoms with Crippen LogP contribution in [0.2, 0.25) is 5.02 Å². The van der Waals surface area contributed by atoms with Crippen molar-refractivity contribution in [2.24, 2.45) is 0 Å². The van der Waals surface area contributed by atoms with Crippen molar-refractivity contribution in [2.75, 3.05) is 5.32 Å². The fourth-order valence-corrected chi connectivity index (χ4v) is 2.64. The number of hydrogen-bond donors (Lipinski definition) is 1. The van der Waals surface area contributed by atoms with Crippen LogP contribution in [-0.2, 0) is 6.54 Å². The standard InChI is InChI=1S/C19H17ClFN3O/c1-12-3-4-14(9-13(12)2)19(25)22-18-7-8-24(23-18)11-15-5-6-16(21)10-17(15)20/h3-10H,11H2,1-2H3,(H,22,23,25). The van der Waals surface area contributed by atoms with Crippen LogP contribution in [0.1, 0.15) is 27.0 Å². The fraction of sp³-hybridized carbons (Fsp3) is 0.158. The minimum atomic E-state index is -0.379. The summed E-state index contributed by atoms with van der Waals surface area (Å²) < 4.78 is 14.7. The van der Waals surface area contributed by atoms with E-state index < -0.39 is 0 Å². The van der Waals surface area contributed by atoms with E-state index in [-0.39, 0.29) is 11.7 Å². The number of nitrogens with zero attached hydrogens (tertiary/aromatic N) is 2. The smallest absolute Gasteiger partial charge is 0.256 e. The van der Waals surface area contributed by atoms with Gasteiger partial charge in [0, 0.05) is 22.8 Å². The van der Waals surface area contributed by atoms with E-state index in [2.05, 4.69) is 10.4 Å². The molecule has 0 aliphatic rings. The summed E-state index contributed by atoms with van der Waals surface area (Å²) in [5.74, 6) is -0.148. The topological polar surface area (TPSA) is 46.9 Å². The van der Waals surface area contributed by atoms with E-state index in [4.69, 9.17) is 11.6 Å². The highest BCUT2D eigenvalue weighted by atomic mass is 35.5. The third-order valence-corrected chi connectivity index (χ3v) is 4.35. The van der Waals surface area contributed by atoms with Gasteiger partial charge in [-0.1, -0.05) is 23.7 Å². The molecule has 0 fully saturated rings. The second-order valence-electron chi connectivity index (χ2n) is 5.89. The minimum Gasteiger partial charge on any atom is -0.305 e. The van der Waals surface area contributed by atoms with E-state index >= 15 is 0 Å². The van der Waals surface area contributed by atoms with Crippen LogP contribution in [-0.4, -0.2) is 15.7 Å². The summed E-state index contributed by atoms with van der Waals surface area (Å²) in [7, 11) is 0. The molecule has 6 heteroatoms. The first-order valence-electron chi connectivity index (χ1n) is 7.78. The zero-order valence-electron chi connectivity index (χ0n) is 13.9. The largest absolute Gasteiger partial charge is 0.305 e. The van der Waals surface area contributed by atoms with Crippen LogP contribution in [0.15, 0.2) is 48.7 Å². The molecule has 4 nitrogen and oxygen atoms in total. The van der Waals surface area contributed by atoms with Gasteiger partial charge in [-0.3, -0.25) is 9.48 Å². The monoisotopic (exact) mass is 357 g/mol. The van der Waals surface area contributed by atoms with Gasteiger partial charge < -0.3 is 5.32 Å². The van der Waals surface area contributed by atoms with Gasteiger partial charge >= 0.3 is 0 Å². The Bertz CT molecular complexity index is 936. The van der Waals surface area contributed by atoms with Gasteiger partial charge in [-0.25, -0.2) is 4.39 Å². The highest BCUT2D eigenvalue weighted by Gasteiger charge is 2.10. The van der Waals surface area contributed by atoms with E-state index in [0.29, 0.717) is 22.9 Å². The molecule has 0 bridgehead atoms. The highest BCUT2D eigenvalue weighted by molar-refractivity contribution is 6.31. The summed E-state index contributed by atoms with van der Waals surface area (Å²) in [6.07, 6.45) is 1.73. The molecule has 128 valence electrons. The molecule has 0 saturated heterocycles. The predicted octanol–water partition coefficient (Wildman–Crippen LogP) is 4.59. The molecule has 1 N–H and O–H groups in total. The van der Waals surface area contributed by atoms with Gasteiger partial charge in [0.25, 0.3) is 5.91 Å². The Balaban J connectivity index is 1.70. The zero-order valence-corrected chi connectivity index (χ0v) is 14.6. The normalized spacial score (nSPS) is 10.7. The van der Waals surface area contributed by atoms with Crippen molar-refractivity contribution in [1.29, 1.82) is 0 Å². The molecule has 0 radical (unpaired) electrons. The Hall–Kier alpha value is -2.66. The Morgan fingerprint density at radius 2 is 1.96 bits per heavy atom. The quantitative estimate of drug-likeness (QED) is 0.742. The number of carbonyl (C=O) groups is 1. The average molecular weight is 358 g/mol. The van der Waals surface area contributed by atoms with Crippen LogP contribution in [0.4, 0.5) is 10.2 Å². The van der Waals surface area contributed by atoms with Gasteiger partial charge in [0.2, 0.25) is 0 Å². The molecule has 0 spiro atoms. The highest BCUT2D eigenvalue weighted by Crippen LogP contribution is 2.19. The lowest BCUT2D eigenvalue weighted by molar-refractivity contribution is 0.102. The molecule has 3 aromatic rings. The van der Waals surface area contributed by atoms with Crippen LogP contribution >= 0.6 is 11.6 Å². The SMILES string of the molecule is Cc1ccc(C(=O)Nc2ccn(Cc3ccc(F)cc3Cl)n2)cc1C. The zero-order chi connectivity index (χ0) is 18.0. The summed E-state index contributed by atoms with van der Waals surface area (Å²) in [5.41, 5.74) is 3.53. The lowest BCUT2D eigenvalue weighted by Gasteiger charge is -2.06. The third kappa shape index (κ3) is 4.06. The second-order valence-corrected chi connectivity index (χ2v) is 6.29. The molecule has 0 unspecified atom stereocenters. The van der Waals surface area contributed by atoms with E-state index in [1.807, 2.05) is 26.0 Å². The lowest BCUT2D eigenvalue weighted by Crippen LogP contribution is -2.13. The molecule has 0 aliphatic heterocycles. The van der Waals surface area contributed by atoms with E-state index in [9.17, 15) is 9.18 Å². The molecular weight excluding hydrogens is 341 g/mol. The Labute approximate surface area is 150 Å². The van der Waals surface area contributed by atoms with Crippen molar-refractivity contribution >= 4 is 23.3 Å². The number of rotatable bonds is 4. The van der Waals surface area contributed by atoms with E-state index in [1.54, 1.807) is 29.1 Å². The first-order chi connectivity index (χ1) is 11.9. The number of amides is 1. The Morgan fingerprint density at radius 1 is 1.16 bits per heavy atom. The maximum atomic E-state index is 13.1. The van der Waals surface area contributed by atoms with Gasteiger partial charge in [0.05, 0.1) is 6.54 Å². The number of aryl methyl sites for hydroxylation is 2.